The van der Waals surface area contributed by atoms with Crippen LogP contribution < -0.4 is 4.74 Å². The summed E-state index contributed by atoms with van der Waals surface area (Å²) in [7, 11) is 0. The quantitative estimate of drug-likeness (QED) is 0.912. The molecule has 0 spiro atoms. The number of halogens is 1. The predicted molar refractivity (Wildman–Crippen MR) is 67.7 cm³/mol. The standard InChI is InChI=1S/C15H17FO3/c16-11-3-4-13-10(7-11)8-12(19-13)9-15(14(17)18)5-1-2-6-15/h3-4,7,12H,1-2,5-6,8-9H2,(H,17,18). The van der Waals surface area contributed by atoms with Gasteiger partial charge in [-0.25, -0.2) is 4.39 Å². The molecule has 0 radical (unpaired) electrons. The number of rotatable bonds is 3. The molecule has 1 heterocycles. The molecule has 0 saturated heterocycles. The molecule has 19 heavy (non-hydrogen) atoms. The van der Waals surface area contributed by atoms with E-state index in [9.17, 15) is 14.3 Å². The van der Waals surface area contributed by atoms with Crippen molar-refractivity contribution in [2.75, 3.05) is 0 Å². The molecule has 1 aromatic carbocycles. The van der Waals surface area contributed by atoms with E-state index in [0.29, 0.717) is 18.6 Å². The van der Waals surface area contributed by atoms with Crippen LogP contribution in [0.5, 0.6) is 5.75 Å². The van der Waals surface area contributed by atoms with E-state index in [1.54, 1.807) is 6.07 Å². The van der Waals surface area contributed by atoms with Crippen molar-refractivity contribution in [3.63, 3.8) is 0 Å². The van der Waals surface area contributed by atoms with E-state index in [0.717, 1.165) is 31.2 Å². The molecule has 2 aliphatic rings. The minimum absolute atomic E-state index is 0.133. The molecule has 4 heteroatoms. The highest BCUT2D eigenvalue weighted by Crippen LogP contribution is 2.44. The topological polar surface area (TPSA) is 46.5 Å². The van der Waals surface area contributed by atoms with Gasteiger partial charge in [0.05, 0.1) is 5.41 Å². The predicted octanol–water partition coefficient (Wildman–Crippen LogP) is 3.16. The molecule has 1 aliphatic heterocycles. The summed E-state index contributed by atoms with van der Waals surface area (Å²) in [6.07, 6.45) is 4.41. The maximum Gasteiger partial charge on any atom is 0.309 e. The van der Waals surface area contributed by atoms with Crippen molar-refractivity contribution < 1.29 is 19.0 Å². The largest absolute Gasteiger partial charge is 0.490 e. The number of carboxylic acid groups (broad SMARTS) is 1. The summed E-state index contributed by atoms with van der Waals surface area (Å²) < 4.78 is 18.9. The fourth-order valence-corrected chi connectivity index (χ4v) is 3.40. The molecule has 3 rings (SSSR count). The van der Waals surface area contributed by atoms with E-state index < -0.39 is 11.4 Å². The average Bonchev–Trinajstić information content (AvgIpc) is 2.96. The fourth-order valence-electron chi connectivity index (χ4n) is 3.40. The number of carboxylic acids is 1. The van der Waals surface area contributed by atoms with E-state index in [4.69, 9.17) is 4.74 Å². The molecular formula is C15H17FO3. The van der Waals surface area contributed by atoms with Crippen LogP contribution in [0.3, 0.4) is 0 Å². The first-order valence-corrected chi connectivity index (χ1v) is 6.78. The Bertz CT molecular complexity index is 506. The highest BCUT2D eigenvalue weighted by molar-refractivity contribution is 5.75. The molecule has 0 amide bonds. The maximum atomic E-state index is 13.1. The number of benzene rings is 1. The van der Waals surface area contributed by atoms with Crippen LogP contribution in [0.1, 0.15) is 37.7 Å². The van der Waals surface area contributed by atoms with Crippen LogP contribution in [0.2, 0.25) is 0 Å². The van der Waals surface area contributed by atoms with Gasteiger partial charge in [-0.3, -0.25) is 4.79 Å². The first-order chi connectivity index (χ1) is 9.09. The van der Waals surface area contributed by atoms with Crippen LogP contribution in [0, 0.1) is 11.2 Å². The zero-order valence-corrected chi connectivity index (χ0v) is 10.7. The zero-order valence-electron chi connectivity index (χ0n) is 10.7. The van der Waals surface area contributed by atoms with E-state index in [1.165, 1.54) is 12.1 Å². The molecule has 102 valence electrons. The summed E-state index contributed by atoms with van der Waals surface area (Å²) in [6, 6.07) is 4.49. The van der Waals surface area contributed by atoms with E-state index in [1.807, 2.05) is 0 Å². The summed E-state index contributed by atoms with van der Waals surface area (Å²) in [5.74, 6) is -0.280. The van der Waals surface area contributed by atoms with Gasteiger partial charge in [-0.15, -0.1) is 0 Å². The van der Waals surface area contributed by atoms with Gasteiger partial charge in [0.1, 0.15) is 17.7 Å². The fraction of sp³-hybridized carbons (Fsp3) is 0.533. The van der Waals surface area contributed by atoms with Gasteiger partial charge in [0, 0.05) is 18.4 Å². The Kier molecular flexibility index (Phi) is 2.96. The van der Waals surface area contributed by atoms with Gasteiger partial charge in [-0.1, -0.05) is 12.8 Å². The summed E-state index contributed by atoms with van der Waals surface area (Å²) in [5, 5.41) is 9.47. The van der Waals surface area contributed by atoms with Crippen molar-refractivity contribution in [3.8, 4) is 5.75 Å². The van der Waals surface area contributed by atoms with E-state index in [2.05, 4.69) is 0 Å². The lowest BCUT2D eigenvalue weighted by Crippen LogP contribution is -2.33. The maximum absolute atomic E-state index is 13.1. The van der Waals surface area contributed by atoms with Gasteiger partial charge in [0.25, 0.3) is 0 Å². The van der Waals surface area contributed by atoms with Gasteiger partial charge in [-0.2, -0.15) is 0 Å². The first-order valence-electron chi connectivity index (χ1n) is 6.78. The molecule has 1 N–H and O–H groups in total. The number of carbonyl (C=O) groups is 1. The summed E-state index contributed by atoms with van der Waals surface area (Å²) >= 11 is 0. The second kappa shape index (κ2) is 4.51. The Morgan fingerprint density at radius 3 is 2.84 bits per heavy atom. The summed E-state index contributed by atoms with van der Waals surface area (Å²) in [5.41, 5.74) is 0.217. The molecule has 1 unspecified atom stereocenters. The Morgan fingerprint density at radius 2 is 2.16 bits per heavy atom. The Hall–Kier alpha value is -1.58. The molecule has 1 aliphatic carbocycles. The van der Waals surface area contributed by atoms with Gasteiger partial charge in [0.15, 0.2) is 0 Å². The highest BCUT2D eigenvalue weighted by Gasteiger charge is 2.44. The first kappa shape index (κ1) is 12.5. The molecule has 0 bridgehead atoms. The van der Waals surface area contributed by atoms with Crippen molar-refractivity contribution in [1.82, 2.24) is 0 Å². The third kappa shape index (κ3) is 2.20. The monoisotopic (exact) mass is 264 g/mol. The Morgan fingerprint density at radius 1 is 1.42 bits per heavy atom. The Labute approximate surface area is 111 Å². The van der Waals surface area contributed by atoms with Gasteiger partial charge in [0.2, 0.25) is 0 Å². The van der Waals surface area contributed by atoms with Crippen molar-refractivity contribution in [1.29, 1.82) is 0 Å². The van der Waals surface area contributed by atoms with Crippen molar-refractivity contribution in [2.24, 2.45) is 5.41 Å². The van der Waals surface area contributed by atoms with E-state index in [-0.39, 0.29) is 11.9 Å². The lowest BCUT2D eigenvalue weighted by atomic mass is 9.80. The third-order valence-corrected chi connectivity index (χ3v) is 4.40. The normalized spacial score (nSPS) is 23.9. The van der Waals surface area contributed by atoms with Gasteiger partial charge in [-0.05, 0) is 31.0 Å². The smallest absolute Gasteiger partial charge is 0.309 e. The van der Waals surface area contributed by atoms with E-state index >= 15 is 0 Å². The van der Waals surface area contributed by atoms with Crippen LogP contribution in [-0.4, -0.2) is 17.2 Å². The number of aliphatic carboxylic acids is 1. The second-order valence-corrected chi connectivity index (χ2v) is 5.69. The molecule has 0 aromatic heterocycles. The van der Waals surface area contributed by atoms with Crippen molar-refractivity contribution >= 4 is 5.97 Å². The van der Waals surface area contributed by atoms with Crippen molar-refractivity contribution in [2.45, 2.75) is 44.6 Å². The lowest BCUT2D eigenvalue weighted by Gasteiger charge is -2.26. The van der Waals surface area contributed by atoms with Gasteiger partial charge >= 0.3 is 5.97 Å². The van der Waals surface area contributed by atoms with Crippen LogP contribution in [0.15, 0.2) is 18.2 Å². The molecule has 1 atom stereocenters. The molecule has 1 aromatic rings. The number of fused-ring (bicyclic) bond motifs is 1. The summed E-state index contributed by atoms with van der Waals surface area (Å²) in [6.45, 7) is 0. The Balaban J connectivity index is 1.74. The van der Waals surface area contributed by atoms with Crippen molar-refractivity contribution in [3.05, 3.63) is 29.6 Å². The number of hydrogen-bond acceptors (Lipinski definition) is 2. The highest BCUT2D eigenvalue weighted by atomic mass is 19.1. The molecule has 1 saturated carbocycles. The van der Waals surface area contributed by atoms with Crippen LogP contribution in [0.25, 0.3) is 0 Å². The SMILES string of the molecule is O=C(O)C1(CC2Cc3cc(F)ccc3O2)CCCC1. The molecule has 3 nitrogen and oxygen atoms in total. The number of hydrogen-bond donors (Lipinski definition) is 1. The molecule has 1 fully saturated rings. The minimum Gasteiger partial charge on any atom is -0.490 e. The second-order valence-electron chi connectivity index (χ2n) is 5.69. The van der Waals surface area contributed by atoms with Gasteiger partial charge < -0.3 is 9.84 Å². The minimum atomic E-state index is -0.712. The molecular weight excluding hydrogens is 247 g/mol. The lowest BCUT2D eigenvalue weighted by molar-refractivity contribution is -0.150. The third-order valence-electron chi connectivity index (χ3n) is 4.40. The summed E-state index contributed by atoms with van der Waals surface area (Å²) in [4.78, 5) is 11.5. The zero-order chi connectivity index (χ0) is 13.5. The van der Waals surface area contributed by atoms with Crippen LogP contribution in [-0.2, 0) is 11.2 Å². The number of ether oxygens (including phenoxy) is 1. The van der Waals surface area contributed by atoms with Crippen LogP contribution in [0.4, 0.5) is 4.39 Å². The average molecular weight is 264 g/mol. The van der Waals surface area contributed by atoms with Crippen LogP contribution >= 0.6 is 0 Å².